The van der Waals surface area contributed by atoms with E-state index in [9.17, 15) is 4.79 Å². The predicted molar refractivity (Wildman–Crippen MR) is 78.8 cm³/mol. The second kappa shape index (κ2) is 5.13. The molecule has 0 bridgehead atoms. The van der Waals surface area contributed by atoms with Gasteiger partial charge >= 0.3 is 0 Å². The number of hydrogen-bond acceptors (Lipinski definition) is 5. The number of carbonyl (C=O) groups is 1. The van der Waals surface area contributed by atoms with Crippen molar-refractivity contribution in [3.05, 3.63) is 41.4 Å². The number of ether oxygens (including phenoxy) is 1. The van der Waals surface area contributed by atoms with Crippen LogP contribution in [0.4, 0.5) is 0 Å². The Morgan fingerprint density at radius 1 is 1.65 bits per heavy atom. The van der Waals surface area contributed by atoms with Gasteiger partial charge in [0.2, 0.25) is 0 Å². The number of aromatic nitrogens is 2. The summed E-state index contributed by atoms with van der Waals surface area (Å²) < 4.78 is 7.37. The fourth-order valence-corrected chi connectivity index (χ4v) is 3.28. The van der Waals surface area contributed by atoms with Crippen LogP contribution in [0.25, 0.3) is 10.4 Å². The zero-order valence-corrected chi connectivity index (χ0v) is 12.0. The number of nitrogens with zero attached hydrogens (tertiary/aromatic N) is 2. The number of ketones is 1. The average Bonchev–Trinajstić information content (AvgIpc) is 3.00. The summed E-state index contributed by atoms with van der Waals surface area (Å²) in [6, 6.07) is 0. The van der Waals surface area contributed by atoms with E-state index in [-0.39, 0.29) is 5.78 Å². The highest BCUT2D eigenvalue weighted by molar-refractivity contribution is 7.18. The van der Waals surface area contributed by atoms with Gasteiger partial charge in [-0.3, -0.25) is 4.79 Å². The molecule has 20 heavy (non-hydrogen) atoms. The summed E-state index contributed by atoms with van der Waals surface area (Å²) in [5.41, 5.74) is 1.56. The molecule has 0 amide bonds. The van der Waals surface area contributed by atoms with Crippen LogP contribution in [0, 0.1) is 0 Å². The lowest BCUT2D eigenvalue weighted by molar-refractivity contribution is 0.101. The number of fused-ring (bicyclic) bond motifs is 1. The van der Waals surface area contributed by atoms with E-state index in [0.717, 1.165) is 34.1 Å². The molecule has 5 nitrogen and oxygen atoms in total. The SMILES string of the molecule is C=C/C(=C1\NCCCO1)c1cn2ncc(C(C)=O)c2s1. The smallest absolute Gasteiger partial charge is 0.195 e. The molecule has 0 unspecified atom stereocenters. The van der Waals surface area contributed by atoms with Crippen molar-refractivity contribution in [1.29, 1.82) is 0 Å². The van der Waals surface area contributed by atoms with Gasteiger partial charge in [0.15, 0.2) is 11.7 Å². The fraction of sp³-hybridized carbons (Fsp3) is 0.286. The maximum Gasteiger partial charge on any atom is 0.195 e. The Bertz CT molecular complexity index is 703. The Hall–Kier alpha value is -2.08. The summed E-state index contributed by atoms with van der Waals surface area (Å²) in [7, 11) is 0. The molecule has 6 heteroatoms. The second-order valence-corrected chi connectivity index (χ2v) is 5.57. The highest BCUT2D eigenvalue weighted by atomic mass is 32.1. The monoisotopic (exact) mass is 289 g/mol. The van der Waals surface area contributed by atoms with Gasteiger partial charge in [0, 0.05) is 12.7 Å². The van der Waals surface area contributed by atoms with Gasteiger partial charge in [-0.1, -0.05) is 12.7 Å². The molecular formula is C14H15N3O2S. The molecule has 0 atom stereocenters. The van der Waals surface area contributed by atoms with Gasteiger partial charge in [-0.25, -0.2) is 4.52 Å². The average molecular weight is 289 g/mol. The molecule has 0 aromatic carbocycles. The predicted octanol–water partition coefficient (Wildman–Crippen LogP) is 2.46. The number of allylic oxidation sites excluding steroid dienone is 2. The van der Waals surface area contributed by atoms with Crippen molar-refractivity contribution >= 4 is 27.5 Å². The summed E-state index contributed by atoms with van der Waals surface area (Å²) in [5, 5.41) is 7.45. The van der Waals surface area contributed by atoms with E-state index in [0.29, 0.717) is 12.2 Å². The highest BCUT2D eigenvalue weighted by Gasteiger charge is 2.17. The van der Waals surface area contributed by atoms with E-state index in [2.05, 4.69) is 17.0 Å². The number of hydrogen-bond donors (Lipinski definition) is 1. The van der Waals surface area contributed by atoms with Gasteiger partial charge in [0.1, 0.15) is 4.83 Å². The molecule has 0 radical (unpaired) electrons. The number of nitrogens with one attached hydrogen (secondary N) is 1. The largest absolute Gasteiger partial charge is 0.479 e. The van der Waals surface area contributed by atoms with Crippen LogP contribution in [-0.4, -0.2) is 28.5 Å². The Balaban J connectivity index is 2.08. The minimum atomic E-state index is 0.0215. The van der Waals surface area contributed by atoms with Crippen molar-refractivity contribution in [3.63, 3.8) is 0 Å². The number of rotatable bonds is 3. The van der Waals surface area contributed by atoms with Gasteiger partial charge in [-0.15, -0.1) is 11.3 Å². The molecule has 1 saturated heterocycles. The van der Waals surface area contributed by atoms with Crippen molar-refractivity contribution < 1.29 is 9.53 Å². The van der Waals surface area contributed by atoms with Crippen LogP contribution in [0.1, 0.15) is 28.6 Å². The van der Waals surface area contributed by atoms with Crippen LogP contribution < -0.4 is 5.32 Å². The molecule has 3 heterocycles. The molecule has 2 aromatic heterocycles. The van der Waals surface area contributed by atoms with Crippen molar-refractivity contribution in [2.75, 3.05) is 13.2 Å². The van der Waals surface area contributed by atoms with Crippen molar-refractivity contribution in [2.24, 2.45) is 0 Å². The molecule has 0 saturated carbocycles. The quantitative estimate of drug-likeness (QED) is 0.882. The molecule has 104 valence electrons. The minimum absolute atomic E-state index is 0.0215. The number of thiazole rings is 1. The van der Waals surface area contributed by atoms with E-state index in [4.69, 9.17) is 4.74 Å². The van der Waals surface area contributed by atoms with Gasteiger partial charge < -0.3 is 10.1 Å². The standard InChI is InChI=1S/C14H15N3O2S/c1-3-10(13-15-5-4-6-19-13)12-8-17-14(20-12)11(7-16-17)9(2)18/h3,7-8,15H,1,4-6H2,2H3/b13-10-. The lowest BCUT2D eigenvalue weighted by Crippen LogP contribution is -2.25. The summed E-state index contributed by atoms with van der Waals surface area (Å²) >= 11 is 1.52. The van der Waals surface area contributed by atoms with Crippen LogP contribution in [0.2, 0.25) is 0 Å². The molecule has 1 aliphatic rings. The van der Waals surface area contributed by atoms with E-state index < -0.39 is 0 Å². The maximum atomic E-state index is 11.6. The third-order valence-corrected chi connectivity index (χ3v) is 4.29. The molecule has 0 aliphatic carbocycles. The first kappa shape index (κ1) is 12.9. The van der Waals surface area contributed by atoms with Gasteiger partial charge in [-0.2, -0.15) is 5.10 Å². The molecular weight excluding hydrogens is 274 g/mol. The lowest BCUT2D eigenvalue weighted by Gasteiger charge is -2.20. The van der Waals surface area contributed by atoms with E-state index in [1.54, 1.807) is 23.7 Å². The molecule has 2 aromatic rings. The summed E-state index contributed by atoms with van der Waals surface area (Å²) in [5.74, 6) is 0.772. The summed E-state index contributed by atoms with van der Waals surface area (Å²) in [4.78, 5) is 13.4. The molecule has 0 spiro atoms. The zero-order chi connectivity index (χ0) is 14.1. The fourth-order valence-electron chi connectivity index (χ4n) is 2.13. The highest BCUT2D eigenvalue weighted by Crippen LogP contribution is 2.30. The Morgan fingerprint density at radius 3 is 3.15 bits per heavy atom. The van der Waals surface area contributed by atoms with Gasteiger partial charge in [0.05, 0.1) is 28.8 Å². The number of carbonyl (C=O) groups excluding carboxylic acids is 1. The van der Waals surface area contributed by atoms with Gasteiger partial charge in [-0.05, 0) is 13.3 Å². The first-order valence-electron chi connectivity index (χ1n) is 6.42. The Morgan fingerprint density at radius 2 is 2.50 bits per heavy atom. The van der Waals surface area contributed by atoms with E-state index in [1.165, 1.54) is 11.3 Å². The first-order chi connectivity index (χ1) is 9.70. The molecule has 1 N–H and O–H groups in total. The lowest BCUT2D eigenvalue weighted by atomic mass is 10.2. The van der Waals surface area contributed by atoms with Gasteiger partial charge in [0.25, 0.3) is 0 Å². The Kier molecular flexibility index (Phi) is 3.31. The third kappa shape index (κ3) is 2.12. The molecule has 1 fully saturated rings. The Labute approximate surface area is 120 Å². The van der Waals surface area contributed by atoms with Crippen LogP contribution in [0.5, 0.6) is 0 Å². The van der Waals surface area contributed by atoms with Crippen molar-refractivity contribution in [1.82, 2.24) is 14.9 Å². The van der Waals surface area contributed by atoms with Crippen LogP contribution in [-0.2, 0) is 4.74 Å². The maximum absolute atomic E-state index is 11.6. The topological polar surface area (TPSA) is 55.6 Å². The van der Waals surface area contributed by atoms with Crippen LogP contribution >= 0.6 is 11.3 Å². The third-order valence-electron chi connectivity index (χ3n) is 3.14. The second-order valence-electron chi connectivity index (χ2n) is 4.54. The van der Waals surface area contributed by atoms with Crippen LogP contribution in [0.3, 0.4) is 0 Å². The number of Topliss-reactive ketones (excluding diaryl/α,β-unsaturated/α-hetero) is 1. The zero-order valence-electron chi connectivity index (χ0n) is 11.2. The van der Waals surface area contributed by atoms with Crippen molar-refractivity contribution in [2.45, 2.75) is 13.3 Å². The first-order valence-corrected chi connectivity index (χ1v) is 7.24. The van der Waals surface area contributed by atoms with Crippen LogP contribution in [0.15, 0.2) is 30.9 Å². The minimum Gasteiger partial charge on any atom is -0.479 e. The molecule has 3 rings (SSSR count). The molecule has 1 aliphatic heterocycles. The normalized spacial score (nSPS) is 17.4. The van der Waals surface area contributed by atoms with E-state index in [1.807, 2.05) is 6.20 Å². The summed E-state index contributed by atoms with van der Waals surface area (Å²) in [6.45, 7) is 7.01. The van der Waals surface area contributed by atoms with Crippen molar-refractivity contribution in [3.8, 4) is 0 Å². The summed E-state index contributed by atoms with van der Waals surface area (Å²) in [6.07, 6.45) is 6.27. The van der Waals surface area contributed by atoms with E-state index >= 15 is 0 Å².